The summed E-state index contributed by atoms with van der Waals surface area (Å²) in [4.78, 5) is 2.56. The fourth-order valence-electron chi connectivity index (χ4n) is 3.69. The van der Waals surface area contributed by atoms with Gasteiger partial charge in [-0.1, -0.05) is 62.0 Å². The Morgan fingerprint density at radius 2 is 2.10 bits per heavy atom. The smallest absolute Gasteiger partial charge is 0.110 e. The highest BCUT2D eigenvalue weighted by Crippen LogP contribution is 2.23. The van der Waals surface area contributed by atoms with Crippen molar-refractivity contribution in [2.24, 2.45) is 10.2 Å². The quantitative estimate of drug-likeness (QED) is 0.275. The van der Waals surface area contributed by atoms with Gasteiger partial charge in [-0.25, -0.2) is 0 Å². The fraction of sp³-hybridized carbons (Fsp3) is 0.538. The maximum atomic E-state index is 4.54. The molecule has 0 saturated heterocycles. The molecule has 1 heterocycles. The van der Waals surface area contributed by atoms with Crippen LogP contribution in [0.5, 0.6) is 0 Å². The van der Waals surface area contributed by atoms with E-state index in [2.05, 4.69) is 60.3 Å². The van der Waals surface area contributed by atoms with Gasteiger partial charge in [0.05, 0.1) is 5.71 Å². The largest absolute Gasteiger partial charge is 0.297 e. The van der Waals surface area contributed by atoms with Crippen LogP contribution in [0.15, 0.2) is 70.0 Å². The van der Waals surface area contributed by atoms with Crippen molar-refractivity contribution >= 4 is 22.5 Å². The lowest BCUT2D eigenvalue weighted by atomic mass is 10.0. The highest BCUT2D eigenvalue weighted by Gasteiger charge is 2.16. The van der Waals surface area contributed by atoms with Gasteiger partial charge in [0.2, 0.25) is 0 Å². The lowest BCUT2D eigenvalue weighted by Gasteiger charge is -2.24. The maximum absolute atomic E-state index is 4.54. The van der Waals surface area contributed by atoms with E-state index in [1.54, 1.807) is 0 Å². The van der Waals surface area contributed by atoms with Gasteiger partial charge in [0.25, 0.3) is 0 Å². The topological polar surface area (TPSA) is 28.0 Å². The van der Waals surface area contributed by atoms with Crippen molar-refractivity contribution in [1.82, 2.24) is 4.90 Å². The summed E-state index contributed by atoms with van der Waals surface area (Å²) in [5.74, 6) is 0.878. The van der Waals surface area contributed by atoms with Gasteiger partial charge in [-0.3, -0.25) is 4.90 Å². The molecular weight excluding hydrogens is 386 g/mol. The molecule has 3 nitrogen and oxygen atoms in total. The number of hydrogen-bond acceptors (Lipinski definition) is 4. The fourth-order valence-corrected chi connectivity index (χ4v) is 4.59. The molecule has 0 unspecified atom stereocenters. The Morgan fingerprint density at radius 3 is 2.77 bits per heavy atom. The normalized spacial score (nSPS) is 22.1. The number of thioether (sulfide) groups is 1. The van der Waals surface area contributed by atoms with Crippen molar-refractivity contribution in [2.45, 2.75) is 65.7 Å². The van der Waals surface area contributed by atoms with E-state index in [1.807, 2.05) is 24.8 Å². The number of allylic oxidation sites excluding steroid dienone is 7. The van der Waals surface area contributed by atoms with Crippen molar-refractivity contribution in [3.05, 3.63) is 59.8 Å². The van der Waals surface area contributed by atoms with E-state index >= 15 is 0 Å². The van der Waals surface area contributed by atoms with Gasteiger partial charge in [0.15, 0.2) is 0 Å². The van der Waals surface area contributed by atoms with Crippen LogP contribution in [0.3, 0.4) is 0 Å². The minimum absolute atomic E-state index is 0.878. The summed E-state index contributed by atoms with van der Waals surface area (Å²) in [6.07, 6.45) is 16.8. The molecule has 0 fully saturated rings. The van der Waals surface area contributed by atoms with Crippen LogP contribution in [-0.2, 0) is 0 Å². The van der Waals surface area contributed by atoms with Gasteiger partial charge in [0, 0.05) is 18.8 Å². The van der Waals surface area contributed by atoms with Crippen LogP contribution < -0.4 is 0 Å². The zero-order chi connectivity index (χ0) is 21.8. The molecule has 0 spiro atoms. The number of unbranched alkanes of at least 4 members (excludes halogenated alkanes) is 1. The average molecular weight is 426 g/mol. The Bertz CT molecular complexity index is 752. The predicted octanol–water partition coefficient (Wildman–Crippen LogP) is 7.12. The minimum atomic E-state index is 0.878. The van der Waals surface area contributed by atoms with Crippen LogP contribution in [0.1, 0.15) is 65.7 Å². The Balaban J connectivity index is 2.02. The van der Waals surface area contributed by atoms with Gasteiger partial charge < -0.3 is 0 Å². The molecule has 0 amide bonds. The molecule has 30 heavy (non-hydrogen) atoms. The second-order valence-corrected chi connectivity index (χ2v) is 9.17. The number of nitrogens with zero attached hydrogens (tertiary/aromatic N) is 3. The molecule has 4 heteroatoms. The lowest BCUT2D eigenvalue weighted by molar-refractivity contribution is 0.311. The molecule has 0 saturated carbocycles. The van der Waals surface area contributed by atoms with Crippen LogP contribution in [0.25, 0.3) is 0 Å². The molecular formula is C26H39N3S. The van der Waals surface area contributed by atoms with Gasteiger partial charge >= 0.3 is 0 Å². The minimum Gasteiger partial charge on any atom is -0.297 e. The number of rotatable bonds is 10. The molecule has 0 aromatic rings. The van der Waals surface area contributed by atoms with Crippen LogP contribution in [0, 0.1) is 0 Å². The summed E-state index contributed by atoms with van der Waals surface area (Å²) in [5.41, 5.74) is 6.41. The Hall–Kier alpha value is -1.65. The Morgan fingerprint density at radius 1 is 1.27 bits per heavy atom. The van der Waals surface area contributed by atoms with Crippen LogP contribution in [0.4, 0.5) is 0 Å². The molecule has 0 radical (unpaired) electrons. The Labute approximate surface area is 188 Å². The van der Waals surface area contributed by atoms with E-state index in [9.17, 15) is 0 Å². The summed E-state index contributed by atoms with van der Waals surface area (Å²) in [6.45, 7) is 17.7. The number of hydrogen-bond donors (Lipinski definition) is 0. The first-order valence-electron chi connectivity index (χ1n) is 11.4. The third kappa shape index (κ3) is 8.23. The zero-order valence-corrected chi connectivity index (χ0v) is 20.1. The van der Waals surface area contributed by atoms with Gasteiger partial charge in [-0.05, 0) is 70.1 Å². The van der Waals surface area contributed by atoms with Crippen molar-refractivity contribution in [3.63, 3.8) is 0 Å². The summed E-state index contributed by atoms with van der Waals surface area (Å²) in [7, 11) is 0. The molecule has 164 valence electrons. The van der Waals surface area contributed by atoms with Crippen LogP contribution in [-0.4, -0.2) is 41.0 Å². The summed E-state index contributed by atoms with van der Waals surface area (Å²) < 4.78 is 0. The van der Waals surface area contributed by atoms with E-state index in [4.69, 9.17) is 0 Å². The third-order valence-corrected chi connectivity index (χ3v) is 6.70. The SMILES string of the molecule is C=C/C(=C\C)C1=NN=C(CN(CCCC)CCC2=C/CCCC(=C)C/C=C\2C)SC1. The van der Waals surface area contributed by atoms with Gasteiger partial charge in [0.1, 0.15) is 5.04 Å². The summed E-state index contributed by atoms with van der Waals surface area (Å²) in [5, 5.41) is 10.1. The second kappa shape index (κ2) is 13.6. The predicted molar refractivity (Wildman–Crippen MR) is 137 cm³/mol. The van der Waals surface area contributed by atoms with Crippen LogP contribution >= 0.6 is 11.8 Å². The molecule has 1 aliphatic carbocycles. The summed E-state index contributed by atoms with van der Waals surface area (Å²) >= 11 is 1.82. The third-order valence-electron chi connectivity index (χ3n) is 5.73. The van der Waals surface area contributed by atoms with E-state index in [1.165, 1.54) is 36.0 Å². The molecule has 0 N–H and O–H groups in total. The van der Waals surface area contributed by atoms with E-state index in [-0.39, 0.29) is 0 Å². The Kier molecular flexibility index (Phi) is 11.2. The first kappa shape index (κ1) is 24.6. The van der Waals surface area contributed by atoms with Gasteiger partial charge in [-0.2, -0.15) is 5.10 Å². The van der Waals surface area contributed by atoms with Crippen molar-refractivity contribution in [2.75, 3.05) is 25.4 Å². The monoisotopic (exact) mass is 425 g/mol. The summed E-state index contributed by atoms with van der Waals surface area (Å²) in [6, 6.07) is 0. The first-order valence-corrected chi connectivity index (χ1v) is 12.4. The average Bonchev–Trinajstić information content (AvgIpc) is 2.83. The highest BCUT2D eigenvalue weighted by atomic mass is 32.2. The van der Waals surface area contributed by atoms with E-state index < -0.39 is 0 Å². The molecule has 0 aromatic carbocycles. The lowest BCUT2D eigenvalue weighted by Crippen LogP contribution is -2.32. The van der Waals surface area contributed by atoms with Crippen LogP contribution in [0.2, 0.25) is 0 Å². The van der Waals surface area contributed by atoms with E-state index in [0.29, 0.717) is 0 Å². The molecule has 2 rings (SSSR count). The van der Waals surface area contributed by atoms with Crippen molar-refractivity contribution < 1.29 is 0 Å². The molecule has 1 aliphatic heterocycles. The van der Waals surface area contributed by atoms with E-state index in [0.717, 1.165) is 67.4 Å². The molecule has 2 aliphatic rings. The molecule has 0 bridgehead atoms. The molecule has 0 aromatic heterocycles. The highest BCUT2D eigenvalue weighted by molar-refractivity contribution is 8.14. The maximum Gasteiger partial charge on any atom is 0.110 e. The standard InChI is InChI=1S/C26H39N3S/c1-6-9-17-29(19-26-28-27-25(20-30-26)23(7-2)8-3)18-16-24-13-11-10-12-21(4)14-15-22(24)5/h7-8,13,15H,2,4,6,9-12,14,16-20H2,1,3,5H3/b22-15-,23-8+,24-13-. The van der Waals surface area contributed by atoms with Crippen molar-refractivity contribution in [3.8, 4) is 0 Å². The zero-order valence-electron chi connectivity index (χ0n) is 19.3. The van der Waals surface area contributed by atoms with Crippen molar-refractivity contribution in [1.29, 1.82) is 0 Å². The van der Waals surface area contributed by atoms with Gasteiger partial charge in [-0.15, -0.1) is 16.9 Å². The second-order valence-electron chi connectivity index (χ2n) is 8.12. The molecule has 0 atom stereocenters. The first-order chi connectivity index (χ1) is 14.6.